The van der Waals surface area contributed by atoms with E-state index in [0.717, 1.165) is 24.1 Å². The van der Waals surface area contributed by atoms with Crippen LogP contribution in [0, 0.1) is 0 Å². The van der Waals surface area contributed by atoms with Crippen molar-refractivity contribution < 1.29 is 4.79 Å². The van der Waals surface area contributed by atoms with E-state index >= 15 is 0 Å². The van der Waals surface area contributed by atoms with Crippen molar-refractivity contribution in [1.29, 1.82) is 0 Å². The minimum Gasteiger partial charge on any atom is -0.331 e. The van der Waals surface area contributed by atoms with E-state index in [9.17, 15) is 4.79 Å². The van der Waals surface area contributed by atoms with Gasteiger partial charge in [-0.3, -0.25) is 0 Å². The van der Waals surface area contributed by atoms with Gasteiger partial charge >= 0.3 is 6.03 Å². The normalized spacial score (nSPS) is 11.8. The van der Waals surface area contributed by atoms with Crippen LogP contribution in [0.15, 0.2) is 48.5 Å². The van der Waals surface area contributed by atoms with Gasteiger partial charge in [-0.25, -0.2) is 4.79 Å². The standard InChI is InChI=1S/C18H21ClN2O/c1-3-13-5-11-16(12-6-13)20-18(22)21-17(4-2)14-7-9-15(19)10-8-14/h5-12,17H,3-4H2,1-2H3,(H2,20,21,22)/t17-/m1/s1. The molecule has 0 aliphatic rings. The van der Waals surface area contributed by atoms with Crippen LogP contribution in [0.1, 0.15) is 37.4 Å². The molecule has 0 unspecified atom stereocenters. The number of nitrogens with one attached hydrogen (secondary N) is 2. The van der Waals surface area contributed by atoms with E-state index in [-0.39, 0.29) is 12.1 Å². The molecule has 2 aromatic carbocycles. The van der Waals surface area contributed by atoms with E-state index in [0.29, 0.717) is 5.02 Å². The number of carbonyl (C=O) groups excluding carboxylic acids is 1. The second kappa shape index (κ2) is 7.85. The van der Waals surface area contributed by atoms with Gasteiger partial charge in [-0.1, -0.05) is 49.7 Å². The molecule has 0 aliphatic carbocycles. The van der Waals surface area contributed by atoms with Crippen LogP contribution in [-0.2, 0) is 6.42 Å². The Morgan fingerprint density at radius 3 is 2.23 bits per heavy atom. The van der Waals surface area contributed by atoms with Gasteiger partial charge in [-0.15, -0.1) is 0 Å². The minimum atomic E-state index is -0.203. The Hall–Kier alpha value is -2.00. The number of urea groups is 1. The van der Waals surface area contributed by atoms with Crippen LogP contribution in [0.4, 0.5) is 10.5 Å². The van der Waals surface area contributed by atoms with Crippen LogP contribution in [0.25, 0.3) is 0 Å². The van der Waals surface area contributed by atoms with Crippen LogP contribution >= 0.6 is 11.6 Å². The zero-order valence-corrected chi connectivity index (χ0v) is 13.7. The molecule has 0 saturated heterocycles. The third-order valence-electron chi connectivity index (χ3n) is 3.61. The summed E-state index contributed by atoms with van der Waals surface area (Å²) in [5.41, 5.74) is 3.09. The fourth-order valence-electron chi connectivity index (χ4n) is 2.27. The van der Waals surface area contributed by atoms with Gasteiger partial charge < -0.3 is 10.6 Å². The fraction of sp³-hybridized carbons (Fsp3) is 0.278. The van der Waals surface area contributed by atoms with Gasteiger partial charge in [0.05, 0.1) is 6.04 Å². The summed E-state index contributed by atoms with van der Waals surface area (Å²) < 4.78 is 0. The average Bonchev–Trinajstić information content (AvgIpc) is 2.54. The number of carbonyl (C=O) groups is 1. The maximum Gasteiger partial charge on any atom is 0.319 e. The van der Waals surface area contributed by atoms with Gasteiger partial charge in [0.25, 0.3) is 0 Å². The Morgan fingerprint density at radius 2 is 1.68 bits per heavy atom. The fourth-order valence-corrected chi connectivity index (χ4v) is 2.39. The summed E-state index contributed by atoms with van der Waals surface area (Å²) in [7, 11) is 0. The molecule has 22 heavy (non-hydrogen) atoms. The molecular formula is C18H21ClN2O. The predicted octanol–water partition coefficient (Wildman–Crippen LogP) is 5.18. The highest BCUT2D eigenvalue weighted by Crippen LogP contribution is 2.19. The summed E-state index contributed by atoms with van der Waals surface area (Å²) in [4.78, 5) is 12.1. The lowest BCUT2D eigenvalue weighted by Gasteiger charge is -2.18. The molecular weight excluding hydrogens is 296 g/mol. The average molecular weight is 317 g/mol. The first-order valence-electron chi connectivity index (χ1n) is 7.54. The highest BCUT2D eigenvalue weighted by Gasteiger charge is 2.12. The summed E-state index contributed by atoms with van der Waals surface area (Å²) in [6, 6.07) is 15.2. The van der Waals surface area contributed by atoms with Gasteiger partial charge in [0.15, 0.2) is 0 Å². The molecule has 2 aromatic rings. The highest BCUT2D eigenvalue weighted by molar-refractivity contribution is 6.30. The number of aryl methyl sites for hydroxylation is 1. The third kappa shape index (κ3) is 4.50. The smallest absolute Gasteiger partial charge is 0.319 e. The first-order valence-corrected chi connectivity index (χ1v) is 7.92. The molecule has 0 heterocycles. The van der Waals surface area contributed by atoms with Crippen LogP contribution in [-0.4, -0.2) is 6.03 Å². The monoisotopic (exact) mass is 316 g/mol. The summed E-state index contributed by atoms with van der Waals surface area (Å²) in [5.74, 6) is 0. The number of rotatable bonds is 5. The topological polar surface area (TPSA) is 41.1 Å². The maximum absolute atomic E-state index is 12.1. The van der Waals surface area contributed by atoms with E-state index in [4.69, 9.17) is 11.6 Å². The molecule has 3 nitrogen and oxygen atoms in total. The zero-order chi connectivity index (χ0) is 15.9. The van der Waals surface area contributed by atoms with Gasteiger partial charge in [0.1, 0.15) is 0 Å². The number of benzene rings is 2. The quantitative estimate of drug-likeness (QED) is 0.784. The van der Waals surface area contributed by atoms with Gasteiger partial charge in [0, 0.05) is 10.7 Å². The van der Waals surface area contributed by atoms with E-state index < -0.39 is 0 Å². The van der Waals surface area contributed by atoms with Crippen molar-refractivity contribution in [3.8, 4) is 0 Å². The zero-order valence-electron chi connectivity index (χ0n) is 12.9. The summed E-state index contributed by atoms with van der Waals surface area (Å²) in [6.45, 7) is 4.14. The molecule has 2 rings (SSSR count). The number of hydrogen-bond donors (Lipinski definition) is 2. The van der Waals surface area contributed by atoms with Crippen molar-refractivity contribution in [3.05, 3.63) is 64.7 Å². The Bertz CT molecular complexity index is 608. The minimum absolute atomic E-state index is 0.0350. The molecule has 0 spiro atoms. The molecule has 0 bridgehead atoms. The molecule has 0 radical (unpaired) electrons. The summed E-state index contributed by atoms with van der Waals surface area (Å²) >= 11 is 5.90. The Labute approximate surface area is 136 Å². The lowest BCUT2D eigenvalue weighted by molar-refractivity contribution is 0.248. The lowest BCUT2D eigenvalue weighted by atomic mass is 10.1. The van der Waals surface area contributed by atoms with E-state index in [2.05, 4.69) is 17.6 Å². The van der Waals surface area contributed by atoms with Gasteiger partial charge in [-0.05, 0) is 48.2 Å². The van der Waals surface area contributed by atoms with Gasteiger partial charge in [-0.2, -0.15) is 0 Å². The molecule has 0 fully saturated rings. The van der Waals surface area contributed by atoms with Crippen molar-refractivity contribution in [2.75, 3.05) is 5.32 Å². The van der Waals surface area contributed by atoms with Crippen molar-refractivity contribution in [3.63, 3.8) is 0 Å². The SMILES string of the molecule is CCc1ccc(NC(=O)N[C@H](CC)c2ccc(Cl)cc2)cc1. The Kier molecular flexibility index (Phi) is 5.84. The number of anilines is 1. The van der Waals surface area contributed by atoms with Crippen molar-refractivity contribution >= 4 is 23.3 Å². The Balaban J connectivity index is 1.98. The summed E-state index contributed by atoms with van der Waals surface area (Å²) in [6.07, 6.45) is 1.80. The second-order valence-corrected chi connectivity index (χ2v) is 5.60. The lowest BCUT2D eigenvalue weighted by Crippen LogP contribution is -2.32. The number of hydrogen-bond acceptors (Lipinski definition) is 1. The Morgan fingerprint density at radius 1 is 1.05 bits per heavy atom. The number of amides is 2. The second-order valence-electron chi connectivity index (χ2n) is 5.16. The van der Waals surface area contributed by atoms with Crippen LogP contribution in [0.3, 0.4) is 0 Å². The van der Waals surface area contributed by atoms with Crippen molar-refractivity contribution in [1.82, 2.24) is 5.32 Å². The molecule has 0 aliphatic heterocycles. The van der Waals surface area contributed by atoms with Crippen molar-refractivity contribution in [2.45, 2.75) is 32.7 Å². The highest BCUT2D eigenvalue weighted by atomic mass is 35.5. The van der Waals surface area contributed by atoms with Crippen LogP contribution in [0.5, 0.6) is 0 Å². The predicted molar refractivity (Wildman–Crippen MR) is 92.5 cm³/mol. The largest absolute Gasteiger partial charge is 0.331 e. The molecule has 0 saturated carbocycles. The molecule has 2 amide bonds. The molecule has 0 aromatic heterocycles. The van der Waals surface area contributed by atoms with E-state index in [1.165, 1.54) is 5.56 Å². The first kappa shape index (κ1) is 16.4. The molecule has 116 valence electrons. The molecule has 1 atom stereocenters. The first-order chi connectivity index (χ1) is 10.6. The third-order valence-corrected chi connectivity index (χ3v) is 3.86. The number of halogens is 1. The maximum atomic E-state index is 12.1. The molecule has 2 N–H and O–H groups in total. The van der Waals surface area contributed by atoms with Crippen LogP contribution in [0.2, 0.25) is 5.02 Å². The van der Waals surface area contributed by atoms with Crippen molar-refractivity contribution in [2.24, 2.45) is 0 Å². The van der Waals surface area contributed by atoms with Gasteiger partial charge in [0.2, 0.25) is 0 Å². The van der Waals surface area contributed by atoms with Crippen LogP contribution < -0.4 is 10.6 Å². The summed E-state index contributed by atoms with van der Waals surface area (Å²) in [5, 5.41) is 6.54. The van der Waals surface area contributed by atoms with E-state index in [1.54, 1.807) is 0 Å². The van der Waals surface area contributed by atoms with E-state index in [1.807, 2.05) is 55.5 Å². The molecule has 4 heteroatoms.